The van der Waals surface area contributed by atoms with E-state index in [1.54, 1.807) is 11.8 Å². The van der Waals surface area contributed by atoms with Crippen molar-refractivity contribution in [2.24, 2.45) is 5.41 Å². The van der Waals surface area contributed by atoms with E-state index >= 15 is 0 Å². The van der Waals surface area contributed by atoms with Crippen molar-refractivity contribution in [2.75, 3.05) is 39.3 Å². The summed E-state index contributed by atoms with van der Waals surface area (Å²) in [6.07, 6.45) is 3.22. The van der Waals surface area contributed by atoms with Crippen LogP contribution in [0.25, 0.3) is 0 Å². The second-order valence-corrected chi connectivity index (χ2v) is 9.67. The number of amides is 2. The summed E-state index contributed by atoms with van der Waals surface area (Å²) >= 11 is 0. The van der Waals surface area contributed by atoms with E-state index in [0.717, 1.165) is 58.4 Å². The van der Waals surface area contributed by atoms with Crippen molar-refractivity contribution in [3.8, 4) is 0 Å². The summed E-state index contributed by atoms with van der Waals surface area (Å²) in [5.74, 6) is 0.166. The number of carbonyl (C=O) groups excluding carboxylic acids is 1. The summed E-state index contributed by atoms with van der Waals surface area (Å²) in [5.41, 5.74) is 3.00. The van der Waals surface area contributed by atoms with E-state index in [1.165, 1.54) is 11.1 Å². The van der Waals surface area contributed by atoms with Crippen LogP contribution in [-0.2, 0) is 16.8 Å². The van der Waals surface area contributed by atoms with Crippen LogP contribution in [0.15, 0.2) is 24.3 Å². The first-order chi connectivity index (χ1) is 13.8. The second kappa shape index (κ2) is 8.75. The molecular weight excluding hydrogens is 402 g/mol. The predicted octanol–water partition coefficient (Wildman–Crippen LogP) is 3.58. The zero-order valence-corrected chi connectivity index (χ0v) is 18.9. The summed E-state index contributed by atoms with van der Waals surface area (Å²) in [4.78, 5) is 29.5. The smallest absolute Gasteiger partial charge is 0.407 e. The van der Waals surface area contributed by atoms with Crippen LogP contribution in [0.1, 0.15) is 50.7 Å². The van der Waals surface area contributed by atoms with Crippen molar-refractivity contribution in [1.82, 2.24) is 14.7 Å². The molecule has 6 nitrogen and oxygen atoms in total. The Hall–Kier alpha value is -1.79. The van der Waals surface area contributed by atoms with E-state index in [0.29, 0.717) is 13.1 Å². The van der Waals surface area contributed by atoms with Gasteiger partial charge in [-0.2, -0.15) is 0 Å². The molecule has 0 bridgehead atoms. The molecule has 1 N–H and O–H groups in total. The number of hydrogen-bond acceptors (Lipinski definition) is 3. The van der Waals surface area contributed by atoms with Gasteiger partial charge in [-0.05, 0) is 55.3 Å². The molecule has 0 atom stereocenters. The summed E-state index contributed by atoms with van der Waals surface area (Å²) in [7, 11) is 0. The molecule has 2 fully saturated rings. The number of benzene rings is 1. The van der Waals surface area contributed by atoms with Crippen molar-refractivity contribution in [2.45, 2.75) is 51.5 Å². The Balaban J connectivity index is 0.00000256. The van der Waals surface area contributed by atoms with Crippen LogP contribution in [0.5, 0.6) is 0 Å². The topological polar surface area (TPSA) is 64.1 Å². The minimum absolute atomic E-state index is 0. The first-order valence-electron chi connectivity index (χ1n) is 10.8. The lowest BCUT2D eigenvalue weighted by atomic mass is 9.68. The molecule has 0 aliphatic carbocycles. The van der Waals surface area contributed by atoms with Gasteiger partial charge in [0.15, 0.2) is 0 Å². The molecular formula is C23H34ClN3O3. The van der Waals surface area contributed by atoms with Crippen molar-refractivity contribution < 1.29 is 14.7 Å². The van der Waals surface area contributed by atoms with Crippen molar-refractivity contribution in [1.29, 1.82) is 0 Å². The molecule has 1 aromatic rings. The first kappa shape index (κ1) is 22.9. The van der Waals surface area contributed by atoms with Crippen LogP contribution in [-0.4, -0.2) is 71.1 Å². The van der Waals surface area contributed by atoms with Crippen LogP contribution < -0.4 is 0 Å². The van der Waals surface area contributed by atoms with Gasteiger partial charge in [-0.3, -0.25) is 4.79 Å². The van der Waals surface area contributed by atoms with Crippen molar-refractivity contribution in [3.63, 3.8) is 0 Å². The quantitative estimate of drug-likeness (QED) is 0.771. The number of carbonyl (C=O) groups is 2. The highest BCUT2D eigenvalue weighted by Gasteiger charge is 2.43. The number of hydrogen-bond donors (Lipinski definition) is 1. The lowest BCUT2D eigenvalue weighted by Crippen LogP contribution is -2.54. The van der Waals surface area contributed by atoms with E-state index in [4.69, 9.17) is 0 Å². The molecule has 7 heteroatoms. The van der Waals surface area contributed by atoms with Gasteiger partial charge in [-0.15, -0.1) is 12.4 Å². The van der Waals surface area contributed by atoms with E-state index in [-0.39, 0.29) is 29.1 Å². The molecule has 3 aliphatic rings. The van der Waals surface area contributed by atoms with Gasteiger partial charge in [0.1, 0.15) is 0 Å². The molecule has 0 saturated carbocycles. The Bertz CT molecular complexity index is 784. The number of piperidine rings is 2. The van der Waals surface area contributed by atoms with Gasteiger partial charge < -0.3 is 19.8 Å². The van der Waals surface area contributed by atoms with Crippen LogP contribution in [0.3, 0.4) is 0 Å². The largest absolute Gasteiger partial charge is 0.465 e. The van der Waals surface area contributed by atoms with Crippen molar-refractivity contribution >= 4 is 24.4 Å². The maximum atomic E-state index is 12.1. The van der Waals surface area contributed by atoms with Crippen molar-refractivity contribution in [3.05, 3.63) is 35.4 Å². The average Bonchev–Trinajstić information content (AvgIpc) is 2.70. The lowest BCUT2D eigenvalue weighted by molar-refractivity contribution is -0.131. The number of nitrogens with zero attached hydrogens (tertiary/aromatic N) is 3. The molecule has 0 aromatic heterocycles. The Morgan fingerprint density at radius 2 is 1.63 bits per heavy atom. The van der Waals surface area contributed by atoms with E-state index in [9.17, 15) is 14.7 Å². The van der Waals surface area contributed by atoms with E-state index in [1.807, 2.05) is 4.90 Å². The zero-order chi connectivity index (χ0) is 20.6. The van der Waals surface area contributed by atoms with Crippen LogP contribution in [0.2, 0.25) is 0 Å². The third-order valence-corrected chi connectivity index (χ3v) is 7.55. The van der Waals surface area contributed by atoms with Crippen LogP contribution in [0, 0.1) is 5.41 Å². The molecule has 1 spiro atoms. The van der Waals surface area contributed by atoms with E-state index < -0.39 is 6.09 Å². The third-order valence-electron chi connectivity index (χ3n) is 7.55. The Morgan fingerprint density at radius 3 is 2.23 bits per heavy atom. The standard InChI is InChI=1S/C23H33N3O3.ClH/c1-18(27)26-15-19-5-3-4-6-20(19)23(17-26)9-11-24(12-10-23)16-22(2)7-13-25(14-8-22)21(28)29;/h3-6H,7-17H2,1-2H3,(H,28,29);1H. The fraction of sp³-hybridized carbons (Fsp3) is 0.652. The molecule has 3 aliphatic heterocycles. The highest BCUT2D eigenvalue weighted by molar-refractivity contribution is 5.85. The monoisotopic (exact) mass is 435 g/mol. The van der Waals surface area contributed by atoms with Crippen LogP contribution >= 0.6 is 12.4 Å². The highest BCUT2D eigenvalue weighted by Crippen LogP contribution is 2.43. The normalized spacial score (nSPS) is 22.9. The van der Waals surface area contributed by atoms with E-state index in [2.05, 4.69) is 36.1 Å². The zero-order valence-electron chi connectivity index (χ0n) is 18.1. The first-order valence-corrected chi connectivity index (χ1v) is 10.8. The molecule has 0 unspecified atom stereocenters. The van der Waals surface area contributed by atoms with Gasteiger partial charge in [0.05, 0.1) is 0 Å². The third kappa shape index (κ3) is 4.45. The Labute approximate surface area is 185 Å². The minimum Gasteiger partial charge on any atom is -0.465 e. The van der Waals surface area contributed by atoms with Gasteiger partial charge in [-0.25, -0.2) is 4.79 Å². The molecule has 2 amide bonds. The summed E-state index contributed by atoms with van der Waals surface area (Å²) < 4.78 is 0. The van der Waals surface area contributed by atoms with Crippen LogP contribution in [0.4, 0.5) is 4.79 Å². The molecule has 3 heterocycles. The Kier molecular flexibility index (Phi) is 6.68. The van der Waals surface area contributed by atoms with Gasteiger partial charge in [0.2, 0.25) is 5.91 Å². The molecule has 1 aromatic carbocycles. The number of halogens is 1. The summed E-state index contributed by atoms with van der Waals surface area (Å²) in [5, 5.41) is 9.20. The number of carboxylic acid groups (broad SMARTS) is 1. The average molecular weight is 436 g/mol. The fourth-order valence-corrected chi connectivity index (χ4v) is 5.61. The predicted molar refractivity (Wildman–Crippen MR) is 119 cm³/mol. The summed E-state index contributed by atoms with van der Waals surface area (Å²) in [6, 6.07) is 8.66. The number of fused-ring (bicyclic) bond motifs is 2. The highest BCUT2D eigenvalue weighted by atomic mass is 35.5. The van der Waals surface area contributed by atoms with Gasteiger partial charge >= 0.3 is 6.09 Å². The SMILES string of the molecule is CC(=O)N1Cc2ccccc2C2(CCN(CC3(C)CCN(C(=O)O)CC3)CC2)C1.Cl. The molecule has 0 radical (unpaired) electrons. The fourth-order valence-electron chi connectivity index (χ4n) is 5.61. The minimum atomic E-state index is -0.794. The molecule has 166 valence electrons. The van der Waals surface area contributed by atoms with Gasteiger partial charge in [0, 0.05) is 45.1 Å². The molecule has 4 rings (SSSR count). The van der Waals surface area contributed by atoms with Gasteiger partial charge in [-0.1, -0.05) is 31.2 Å². The Morgan fingerprint density at radius 1 is 1.00 bits per heavy atom. The van der Waals surface area contributed by atoms with Gasteiger partial charge in [0.25, 0.3) is 0 Å². The lowest BCUT2D eigenvalue weighted by Gasteiger charge is -2.50. The maximum Gasteiger partial charge on any atom is 0.407 e. The molecule has 30 heavy (non-hydrogen) atoms. The number of likely N-dealkylation sites (tertiary alicyclic amines) is 2. The second-order valence-electron chi connectivity index (χ2n) is 9.67. The molecule has 2 saturated heterocycles. The maximum absolute atomic E-state index is 12.1. The summed E-state index contributed by atoms with van der Waals surface area (Å²) in [6.45, 7) is 9.96. The number of rotatable bonds is 2.